The van der Waals surface area contributed by atoms with Crippen LogP contribution in [0.25, 0.3) is 0 Å². The van der Waals surface area contributed by atoms with E-state index in [4.69, 9.17) is 0 Å². The number of halogens is 1. The Bertz CT molecular complexity index is 544. The Morgan fingerprint density at radius 2 is 1.81 bits per heavy atom. The van der Waals surface area contributed by atoms with Gasteiger partial charge in [0.2, 0.25) is 0 Å². The third kappa shape index (κ3) is 5.29. The number of aliphatic hydroxyl groups excluding tert-OH is 1. The minimum Gasteiger partial charge on any atom is -0.388 e. The number of hydrogen-bond acceptors (Lipinski definition) is 2. The number of likely N-dealkylation sites (N-methyl/N-ethyl adjacent to an activating group) is 1. The zero-order chi connectivity index (χ0) is 15.1. The number of benzene rings is 2. The summed E-state index contributed by atoms with van der Waals surface area (Å²) in [7, 11) is 2.04. The van der Waals surface area contributed by atoms with Crippen molar-refractivity contribution in [1.29, 1.82) is 0 Å². The quantitative estimate of drug-likeness (QED) is 0.843. The van der Waals surface area contributed by atoms with Crippen molar-refractivity contribution in [2.24, 2.45) is 0 Å². The Morgan fingerprint density at radius 1 is 1.05 bits per heavy atom. The molecular weight excluding hydrogens is 265 g/mol. The Hall–Kier alpha value is -1.71. The van der Waals surface area contributed by atoms with Crippen molar-refractivity contribution >= 4 is 0 Å². The highest BCUT2D eigenvalue weighted by atomic mass is 19.1. The lowest BCUT2D eigenvalue weighted by atomic mass is 10.1. The van der Waals surface area contributed by atoms with E-state index in [-0.39, 0.29) is 5.82 Å². The first-order chi connectivity index (χ1) is 10.1. The fraction of sp³-hybridized carbons (Fsp3) is 0.333. The molecule has 1 unspecified atom stereocenters. The van der Waals surface area contributed by atoms with Crippen molar-refractivity contribution in [3.63, 3.8) is 0 Å². The van der Waals surface area contributed by atoms with Gasteiger partial charge < -0.3 is 10.0 Å². The van der Waals surface area contributed by atoms with Gasteiger partial charge in [-0.3, -0.25) is 0 Å². The van der Waals surface area contributed by atoms with Gasteiger partial charge in [-0.2, -0.15) is 0 Å². The Balaban J connectivity index is 1.74. The van der Waals surface area contributed by atoms with Gasteiger partial charge in [0.1, 0.15) is 5.82 Å². The maximum absolute atomic E-state index is 13.1. The van der Waals surface area contributed by atoms with E-state index in [2.05, 4.69) is 17.0 Å². The lowest BCUT2D eigenvalue weighted by Gasteiger charge is -2.19. The monoisotopic (exact) mass is 287 g/mol. The normalized spacial score (nSPS) is 12.6. The molecule has 0 amide bonds. The number of aliphatic hydroxyl groups is 1. The molecule has 112 valence electrons. The lowest BCUT2D eigenvalue weighted by Crippen LogP contribution is -2.23. The SMILES string of the molecule is CN(CCc1ccccc1)CCC(O)c1cccc(F)c1. The van der Waals surface area contributed by atoms with Crippen LogP contribution < -0.4 is 0 Å². The third-order valence-corrected chi connectivity index (χ3v) is 3.64. The van der Waals surface area contributed by atoms with Crippen LogP contribution in [0, 0.1) is 5.82 Å². The molecule has 2 rings (SSSR count). The van der Waals surface area contributed by atoms with Crippen LogP contribution in [0.3, 0.4) is 0 Å². The Labute approximate surface area is 125 Å². The summed E-state index contributed by atoms with van der Waals surface area (Å²) >= 11 is 0. The summed E-state index contributed by atoms with van der Waals surface area (Å²) in [5.41, 5.74) is 1.96. The molecule has 0 heterocycles. The van der Waals surface area contributed by atoms with Crippen molar-refractivity contribution in [2.75, 3.05) is 20.1 Å². The van der Waals surface area contributed by atoms with E-state index >= 15 is 0 Å². The van der Waals surface area contributed by atoms with Crippen LogP contribution >= 0.6 is 0 Å². The van der Waals surface area contributed by atoms with Gasteiger partial charge in [-0.05, 0) is 43.1 Å². The molecule has 2 aromatic rings. The first kappa shape index (κ1) is 15.7. The van der Waals surface area contributed by atoms with Crippen LogP contribution in [0.5, 0.6) is 0 Å². The molecule has 0 aliphatic rings. The van der Waals surface area contributed by atoms with E-state index in [1.165, 1.54) is 17.7 Å². The molecule has 0 aliphatic carbocycles. The van der Waals surface area contributed by atoms with E-state index in [0.29, 0.717) is 12.0 Å². The largest absolute Gasteiger partial charge is 0.388 e. The average Bonchev–Trinajstić information content (AvgIpc) is 2.51. The summed E-state index contributed by atoms with van der Waals surface area (Å²) in [6.45, 7) is 1.73. The molecule has 0 aliphatic heterocycles. The van der Waals surface area contributed by atoms with Gasteiger partial charge in [-0.15, -0.1) is 0 Å². The van der Waals surface area contributed by atoms with Crippen molar-refractivity contribution in [1.82, 2.24) is 4.90 Å². The smallest absolute Gasteiger partial charge is 0.123 e. The molecule has 0 saturated carbocycles. The van der Waals surface area contributed by atoms with Gasteiger partial charge in [-0.25, -0.2) is 4.39 Å². The highest BCUT2D eigenvalue weighted by Crippen LogP contribution is 2.17. The van der Waals surface area contributed by atoms with E-state index in [1.807, 2.05) is 25.2 Å². The third-order valence-electron chi connectivity index (χ3n) is 3.64. The summed E-state index contributed by atoms with van der Waals surface area (Å²) in [6, 6.07) is 16.5. The standard InChI is InChI=1S/C18H22FNO/c1-20(12-10-15-6-3-2-4-7-15)13-11-18(21)16-8-5-9-17(19)14-16/h2-9,14,18,21H,10-13H2,1H3. The molecule has 0 aromatic heterocycles. The predicted octanol–water partition coefficient (Wildman–Crippen LogP) is 3.42. The second-order valence-corrected chi connectivity index (χ2v) is 5.40. The zero-order valence-electron chi connectivity index (χ0n) is 12.4. The average molecular weight is 287 g/mol. The Kier molecular flexibility index (Phi) is 5.90. The van der Waals surface area contributed by atoms with Crippen LogP contribution in [0.15, 0.2) is 54.6 Å². The minimum atomic E-state index is -0.611. The first-order valence-corrected chi connectivity index (χ1v) is 7.31. The van der Waals surface area contributed by atoms with Gasteiger partial charge in [0.25, 0.3) is 0 Å². The molecule has 0 bridgehead atoms. The summed E-state index contributed by atoms with van der Waals surface area (Å²) in [6.07, 6.45) is 0.988. The second kappa shape index (κ2) is 7.91. The van der Waals surface area contributed by atoms with Crippen molar-refractivity contribution < 1.29 is 9.50 Å². The number of rotatable bonds is 7. The molecule has 21 heavy (non-hydrogen) atoms. The molecule has 0 radical (unpaired) electrons. The first-order valence-electron chi connectivity index (χ1n) is 7.31. The van der Waals surface area contributed by atoms with E-state index in [9.17, 15) is 9.50 Å². The molecule has 3 heteroatoms. The maximum atomic E-state index is 13.1. The van der Waals surface area contributed by atoms with E-state index < -0.39 is 6.10 Å². The topological polar surface area (TPSA) is 23.5 Å². The molecule has 2 aromatic carbocycles. The van der Waals surface area contributed by atoms with E-state index in [1.54, 1.807) is 12.1 Å². The van der Waals surface area contributed by atoms with Crippen LogP contribution in [0.1, 0.15) is 23.7 Å². The summed E-state index contributed by atoms with van der Waals surface area (Å²) in [5, 5.41) is 10.1. The van der Waals surface area contributed by atoms with Gasteiger partial charge in [0.15, 0.2) is 0 Å². The molecule has 0 fully saturated rings. The minimum absolute atomic E-state index is 0.302. The van der Waals surface area contributed by atoms with Crippen LogP contribution in [-0.4, -0.2) is 30.1 Å². The van der Waals surface area contributed by atoms with Crippen molar-refractivity contribution in [2.45, 2.75) is 18.9 Å². The highest BCUT2D eigenvalue weighted by Gasteiger charge is 2.09. The second-order valence-electron chi connectivity index (χ2n) is 5.40. The summed E-state index contributed by atoms with van der Waals surface area (Å²) in [5.74, 6) is -0.302. The van der Waals surface area contributed by atoms with E-state index in [0.717, 1.165) is 19.5 Å². The van der Waals surface area contributed by atoms with Crippen LogP contribution in [0.4, 0.5) is 4.39 Å². The molecule has 1 N–H and O–H groups in total. The van der Waals surface area contributed by atoms with Gasteiger partial charge in [0, 0.05) is 13.1 Å². The van der Waals surface area contributed by atoms with Gasteiger partial charge >= 0.3 is 0 Å². The van der Waals surface area contributed by atoms with Gasteiger partial charge in [-0.1, -0.05) is 42.5 Å². The Morgan fingerprint density at radius 3 is 2.52 bits per heavy atom. The number of nitrogens with zero attached hydrogens (tertiary/aromatic N) is 1. The predicted molar refractivity (Wildman–Crippen MR) is 83.6 cm³/mol. The van der Waals surface area contributed by atoms with Gasteiger partial charge in [0.05, 0.1) is 6.10 Å². The highest BCUT2D eigenvalue weighted by molar-refractivity contribution is 5.18. The molecule has 0 spiro atoms. The van der Waals surface area contributed by atoms with Crippen LogP contribution in [-0.2, 0) is 6.42 Å². The molecule has 1 atom stereocenters. The summed E-state index contributed by atoms with van der Waals surface area (Å²) in [4.78, 5) is 2.19. The fourth-order valence-corrected chi connectivity index (χ4v) is 2.30. The van der Waals surface area contributed by atoms with Crippen molar-refractivity contribution in [3.05, 3.63) is 71.5 Å². The van der Waals surface area contributed by atoms with Crippen LogP contribution in [0.2, 0.25) is 0 Å². The maximum Gasteiger partial charge on any atom is 0.123 e. The summed E-state index contributed by atoms with van der Waals surface area (Å²) < 4.78 is 13.1. The molecular formula is C18H22FNO. The lowest BCUT2D eigenvalue weighted by molar-refractivity contribution is 0.149. The van der Waals surface area contributed by atoms with Crippen molar-refractivity contribution in [3.8, 4) is 0 Å². The fourth-order valence-electron chi connectivity index (χ4n) is 2.30. The molecule has 2 nitrogen and oxygen atoms in total. The molecule has 0 saturated heterocycles. The number of hydrogen-bond donors (Lipinski definition) is 1. The zero-order valence-corrected chi connectivity index (χ0v) is 12.4.